The van der Waals surface area contributed by atoms with Gasteiger partial charge in [-0.05, 0) is 24.6 Å². The van der Waals surface area contributed by atoms with Gasteiger partial charge >= 0.3 is 0 Å². The van der Waals surface area contributed by atoms with E-state index in [1.54, 1.807) is 19.1 Å². The molecule has 1 atom stereocenters. The van der Waals surface area contributed by atoms with Crippen molar-refractivity contribution in [1.82, 2.24) is 0 Å². The lowest BCUT2D eigenvalue weighted by Gasteiger charge is -2.15. The highest BCUT2D eigenvalue weighted by molar-refractivity contribution is 5.84. The fourth-order valence-corrected chi connectivity index (χ4v) is 1.40. The fraction of sp³-hybridized carbons (Fsp3) is 0.417. The van der Waals surface area contributed by atoms with E-state index in [0.717, 1.165) is 0 Å². The van der Waals surface area contributed by atoms with E-state index in [4.69, 9.17) is 4.74 Å². The van der Waals surface area contributed by atoms with E-state index in [9.17, 15) is 9.18 Å². The zero-order chi connectivity index (χ0) is 11.3. The van der Waals surface area contributed by atoms with Gasteiger partial charge in [0.05, 0.1) is 0 Å². The van der Waals surface area contributed by atoms with Gasteiger partial charge in [-0.1, -0.05) is 19.1 Å². The van der Waals surface area contributed by atoms with Crippen LogP contribution in [-0.4, -0.2) is 12.4 Å². The summed E-state index contributed by atoms with van der Waals surface area (Å²) in [5.41, 5.74) is 0.587. The summed E-state index contributed by atoms with van der Waals surface area (Å²) in [6.07, 6.45) is -0.239. The molecule has 0 spiro atoms. The Morgan fingerprint density at radius 3 is 2.73 bits per heavy atom. The molecule has 0 saturated heterocycles. The van der Waals surface area contributed by atoms with Crippen LogP contribution in [0.4, 0.5) is 4.39 Å². The molecule has 0 aliphatic carbocycles. The van der Waals surface area contributed by atoms with Gasteiger partial charge < -0.3 is 4.74 Å². The normalized spacial score (nSPS) is 12.5. The number of Topliss-reactive ketones (excluding diaryl/α,β-unsaturated/α-hetero) is 1. The quantitative estimate of drug-likeness (QED) is 0.747. The molecule has 0 aliphatic heterocycles. The molecule has 0 radical (unpaired) electrons. The van der Waals surface area contributed by atoms with Crippen LogP contribution in [0.3, 0.4) is 0 Å². The van der Waals surface area contributed by atoms with Crippen molar-refractivity contribution in [2.75, 3.05) is 6.61 Å². The molecule has 15 heavy (non-hydrogen) atoms. The van der Waals surface area contributed by atoms with Gasteiger partial charge in [-0.15, -0.1) is 0 Å². The highest BCUT2D eigenvalue weighted by Gasteiger charge is 2.19. The number of carbonyl (C=O) groups is 1. The Labute approximate surface area is 89.1 Å². The SMILES string of the molecule is CCOC(C(=O)CC)c1cccc(F)c1. The van der Waals surface area contributed by atoms with Gasteiger partial charge in [0.2, 0.25) is 0 Å². The lowest BCUT2D eigenvalue weighted by Crippen LogP contribution is -2.15. The van der Waals surface area contributed by atoms with Crippen LogP contribution in [0.15, 0.2) is 24.3 Å². The highest BCUT2D eigenvalue weighted by Crippen LogP contribution is 2.20. The van der Waals surface area contributed by atoms with Crippen LogP contribution in [-0.2, 0) is 9.53 Å². The van der Waals surface area contributed by atoms with Gasteiger partial charge in [-0.2, -0.15) is 0 Å². The van der Waals surface area contributed by atoms with Gasteiger partial charge in [0.25, 0.3) is 0 Å². The summed E-state index contributed by atoms with van der Waals surface area (Å²) >= 11 is 0. The topological polar surface area (TPSA) is 26.3 Å². The van der Waals surface area contributed by atoms with Crippen molar-refractivity contribution >= 4 is 5.78 Å². The smallest absolute Gasteiger partial charge is 0.165 e. The summed E-state index contributed by atoms with van der Waals surface area (Å²) in [7, 11) is 0. The number of hydrogen-bond acceptors (Lipinski definition) is 2. The molecule has 3 heteroatoms. The first-order valence-corrected chi connectivity index (χ1v) is 5.08. The van der Waals surface area contributed by atoms with Crippen molar-refractivity contribution in [3.8, 4) is 0 Å². The number of carbonyl (C=O) groups excluding carboxylic acids is 1. The van der Waals surface area contributed by atoms with E-state index < -0.39 is 6.10 Å². The van der Waals surface area contributed by atoms with E-state index in [1.807, 2.05) is 6.92 Å². The third kappa shape index (κ3) is 3.13. The van der Waals surface area contributed by atoms with Gasteiger partial charge in [0.15, 0.2) is 5.78 Å². The van der Waals surface area contributed by atoms with Crippen LogP contribution >= 0.6 is 0 Å². The average molecular weight is 210 g/mol. The van der Waals surface area contributed by atoms with Crippen molar-refractivity contribution in [1.29, 1.82) is 0 Å². The molecule has 0 fully saturated rings. The summed E-state index contributed by atoms with van der Waals surface area (Å²) in [5.74, 6) is -0.372. The Balaban J connectivity index is 2.93. The Bertz CT molecular complexity index is 336. The summed E-state index contributed by atoms with van der Waals surface area (Å²) in [5, 5.41) is 0. The molecule has 1 aromatic carbocycles. The zero-order valence-electron chi connectivity index (χ0n) is 9.00. The minimum Gasteiger partial charge on any atom is -0.366 e. The predicted molar refractivity (Wildman–Crippen MR) is 56.1 cm³/mol. The molecule has 0 N–H and O–H groups in total. The molecular formula is C12H15FO2. The monoisotopic (exact) mass is 210 g/mol. The summed E-state index contributed by atoms with van der Waals surface area (Å²) < 4.78 is 18.3. The molecule has 1 unspecified atom stereocenters. The molecule has 0 bridgehead atoms. The van der Waals surface area contributed by atoms with Crippen molar-refractivity contribution < 1.29 is 13.9 Å². The number of ether oxygens (including phenoxy) is 1. The molecule has 1 rings (SSSR count). The predicted octanol–water partition coefficient (Wildman–Crippen LogP) is 2.88. The van der Waals surface area contributed by atoms with Crippen LogP contribution in [0, 0.1) is 5.82 Å². The lowest BCUT2D eigenvalue weighted by atomic mass is 10.0. The standard InChI is InChI=1S/C12H15FO2/c1-3-11(14)12(15-4-2)9-6-5-7-10(13)8-9/h5-8,12H,3-4H2,1-2H3. The number of benzene rings is 1. The molecule has 0 aromatic heterocycles. The van der Waals surface area contributed by atoms with Crippen molar-refractivity contribution in [3.63, 3.8) is 0 Å². The van der Waals surface area contributed by atoms with Gasteiger partial charge in [0, 0.05) is 13.0 Å². The molecule has 0 aliphatic rings. The Morgan fingerprint density at radius 1 is 1.47 bits per heavy atom. The van der Waals surface area contributed by atoms with Crippen molar-refractivity contribution in [2.45, 2.75) is 26.4 Å². The Hall–Kier alpha value is -1.22. The Kier molecular flexibility index (Phi) is 4.43. The van der Waals surface area contributed by atoms with Gasteiger partial charge in [-0.3, -0.25) is 4.79 Å². The first-order valence-electron chi connectivity index (χ1n) is 5.08. The van der Waals surface area contributed by atoms with Gasteiger partial charge in [0.1, 0.15) is 11.9 Å². The van der Waals surface area contributed by atoms with Crippen LogP contribution in [0.2, 0.25) is 0 Å². The number of rotatable bonds is 5. The Morgan fingerprint density at radius 2 is 2.20 bits per heavy atom. The fourth-order valence-electron chi connectivity index (χ4n) is 1.40. The third-order valence-corrected chi connectivity index (χ3v) is 2.13. The zero-order valence-corrected chi connectivity index (χ0v) is 9.00. The van der Waals surface area contributed by atoms with E-state index in [2.05, 4.69) is 0 Å². The van der Waals surface area contributed by atoms with Crippen molar-refractivity contribution in [3.05, 3.63) is 35.6 Å². The molecule has 0 heterocycles. The average Bonchev–Trinajstić information content (AvgIpc) is 2.25. The van der Waals surface area contributed by atoms with Gasteiger partial charge in [-0.25, -0.2) is 4.39 Å². The first-order chi connectivity index (χ1) is 7.19. The second-order valence-electron chi connectivity index (χ2n) is 3.21. The summed E-state index contributed by atoms with van der Waals surface area (Å²) in [6.45, 7) is 4.02. The maximum atomic E-state index is 13.0. The number of halogens is 1. The van der Waals surface area contributed by atoms with Crippen LogP contribution in [0.5, 0.6) is 0 Å². The largest absolute Gasteiger partial charge is 0.366 e. The second kappa shape index (κ2) is 5.61. The molecule has 2 nitrogen and oxygen atoms in total. The van der Waals surface area contributed by atoms with E-state index >= 15 is 0 Å². The first kappa shape index (κ1) is 11.9. The van der Waals surface area contributed by atoms with Crippen LogP contribution in [0.1, 0.15) is 31.9 Å². The van der Waals surface area contributed by atoms with Crippen molar-refractivity contribution in [2.24, 2.45) is 0 Å². The molecule has 82 valence electrons. The van der Waals surface area contributed by atoms with Crippen LogP contribution in [0.25, 0.3) is 0 Å². The van der Waals surface area contributed by atoms with E-state index in [-0.39, 0.29) is 11.6 Å². The van der Waals surface area contributed by atoms with E-state index in [0.29, 0.717) is 18.6 Å². The molecule has 0 saturated carbocycles. The summed E-state index contributed by atoms with van der Waals surface area (Å²) in [6, 6.07) is 5.98. The minimum absolute atomic E-state index is 0.0255. The molecular weight excluding hydrogens is 195 g/mol. The van der Waals surface area contributed by atoms with E-state index in [1.165, 1.54) is 12.1 Å². The second-order valence-corrected chi connectivity index (χ2v) is 3.21. The summed E-state index contributed by atoms with van der Waals surface area (Å²) in [4.78, 5) is 11.6. The lowest BCUT2D eigenvalue weighted by molar-refractivity contribution is -0.130. The third-order valence-electron chi connectivity index (χ3n) is 2.13. The van der Waals surface area contributed by atoms with Crippen LogP contribution < -0.4 is 0 Å². The maximum Gasteiger partial charge on any atom is 0.165 e. The maximum absolute atomic E-state index is 13.0. The number of ketones is 1. The highest BCUT2D eigenvalue weighted by atomic mass is 19.1. The molecule has 0 amide bonds. The number of hydrogen-bond donors (Lipinski definition) is 0. The molecule has 1 aromatic rings. The minimum atomic E-state index is -0.629.